The molecular weight excluding hydrogens is 545 g/mol. The standard InChI is InChI=1S/C28H31Cl2N3O4S/c1-19(2)31-28(35)21(4)32(17-22-14-15-24(29)25(30)16-22)27(34)18-33(26-13-9-8-10-20(26)3)38(36,37)23-11-6-5-7-12-23/h5-16,19,21H,17-18H2,1-4H3,(H,31,35)/t21-/m1/s1. The Bertz CT molecular complexity index is 1400. The third kappa shape index (κ3) is 7.07. The van der Waals surface area contributed by atoms with E-state index in [2.05, 4.69) is 5.32 Å². The number of nitrogens with zero attached hydrogens (tertiary/aromatic N) is 2. The highest BCUT2D eigenvalue weighted by atomic mass is 35.5. The number of amides is 2. The highest BCUT2D eigenvalue weighted by molar-refractivity contribution is 7.92. The van der Waals surface area contributed by atoms with Gasteiger partial charge in [0.2, 0.25) is 11.8 Å². The van der Waals surface area contributed by atoms with Crippen molar-refractivity contribution in [3.63, 3.8) is 0 Å². The number of carbonyl (C=O) groups excluding carboxylic acids is 2. The number of para-hydroxylation sites is 1. The van der Waals surface area contributed by atoms with Crippen molar-refractivity contribution in [2.45, 2.75) is 51.2 Å². The molecule has 3 rings (SSSR count). The maximum Gasteiger partial charge on any atom is 0.264 e. The predicted octanol–water partition coefficient (Wildman–Crippen LogP) is 5.44. The molecular formula is C28H31Cl2N3O4S. The van der Waals surface area contributed by atoms with Crippen LogP contribution in [0.4, 0.5) is 5.69 Å². The van der Waals surface area contributed by atoms with Gasteiger partial charge in [-0.15, -0.1) is 0 Å². The molecule has 1 atom stereocenters. The largest absolute Gasteiger partial charge is 0.352 e. The van der Waals surface area contributed by atoms with E-state index in [1.807, 2.05) is 13.8 Å². The Labute approximate surface area is 234 Å². The molecule has 0 saturated carbocycles. The van der Waals surface area contributed by atoms with Crippen molar-refractivity contribution in [1.29, 1.82) is 0 Å². The van der Waals surface area contributed by atoms with Crippen LogP contribution in [0, 0.1) is 6.92 Å². The molecule has 1 N–H and O–H groups in total. The van der Waals surface area contributed by atoms with Crippen molar-refractivity contribution in [2.24, 2.45) is 0 Å². The molecule has 7 nitrogen and oxygen atoms in total. The van der Waals surface area contributed by atoms with Crippen LogP contribution in [0.1, 0.15) is 31.9 Å². The fourth-order valence-corrected chi connectivity index (χ4v) is 5.72. The average Bonchev–Trinajstić information content (AvgIpc) is 2.88. The summed E-state index contributed by atoms with van der Waals surface area (Å²) in [5.74, 6) is -0.910. The van der Waals surface area contributed by atoms with E-state index in [0.29, 0.717) is 26.9 Å². The van der Waals surface area contributed by atoms with E-state index < -0.39 is 28.5 Å². The van der Waals surface area contributed by atoms with E-state index in [1.54, 1.807) is 74.5 Å². The molecule has 0 aliphatic carbocycles. The number of anilines is 1. The molecule has 0 spiro atoms. The lowest BCUT2D eigenvalue weighted by atomic mass is 10.1. The van der Waals surface area contributed by atoms with Gasteiger partial charge < -0.3 is 10.2 Å². The molecule has 0 saturated heterocycles. The highest BCUT2D eigenvalue weighted by Crippen LogP contribution is 2.28. The number of carbonyl (C=O) groups is 2. The minimum Gasteiger partial charge on any atom is -0.352 e. The molecule has 0 unspecified atom stereocenters. The van der Waals surface area contributed by atoms with Crippen LogP contribution in [-0.4, -0.2) is 43.8 Å². The van der Waals surface area contributed by atoms with E-state index >= 15 is 0 Å². The van der Waals surface area contributed by atoms with Gasteiger partial charge >= 0.3 is 0 Å². The van der Waals surface area contributed by atoms with Gasteiger partial charge in [0.05, 0.1) is 20.6 Å². The normalized spacial score (nSPS) is 12.2. The average molecular weight is 577 g/mol. The Morgan fingerprint density at radius 3 is 2.13 bits per heavy atom. The zero-order chi connectivity index (χ0) is 28.0. The van der Waals surface area contributed by atoms with E-state index in [1.165, 1.54) is 17.0 Å². The van der Waals surface area contributed by atoms with Crippen LogP contribution in [0.5, 0.6) is 0 Å². The smallest absolute Gasteiger partial charge is 0.264 e. The van der Waals surface area contributed by atoms with Gasteiger partial charge in [-0.3, -0.25) is 13.9 Å². The Morgan fingerprint density at radius 2 is 1.53 bits per heavy atom. The molecule has 0 aliphatic heterocycles. The van der Waals surface area contributed by atoms with E-state index in [-0.39, 0.29) is 23.4 Å². The molecule has 0 radical (unpaired) electrons. The van der Waals surface area contributed by atoms with Crippen LogP contribution in [0.3, 0.4) is 0 Å². The third-order valence-corrected chi connectivity index (χ3v) is 8.44. The maximum atomic E-state index is 13.9. The van der Waals surface area contributed by atoms with Gasteiger partial charge in [0, 0.05) is 12.6 Å². The molecule has 3 aromatic rings. The number of hydrogen-bond acceptors (Lipinski definition) is 4. The molecule has 0 aromatic heterocycles. The summed E-state index contributed by atoms with van der Waals surface area (Å²) in [4.78, 5) is 28.2. The summed E-state index contributed by atoms with van der Waals surface area (Å²) in [5, 5.41) is 3.49. The lowest BCUT2D eigenvalue weighted by Crippen LogP contribution is -2.52. The first kappa shape index (κ1) is 29.5. The summed E-state index contributed by atoms with van der Waals surface area (Å²) in [6.07, 6.45) is 0. The van der Waals surface area contributed by atoms with Crippen molar-refractivity contribution >= 4 is 50.7 Å². The second-order valence-electron chi connectivity index (χ2n) is 9.22. The lowest BCUT2D eigenvalue weighted by Gasteiger charge is -2.32. The summed E-state index contributed by atoms with van der Waals surface area (Å²) in [6.45, 7) is 6.54. The second-order valence-corrected chi connectivity index (χ2v) is 11.9. The van der Waals surface area contributed by atoms with Gasteiger partial charge in [-0.05, 0) is 69.2 Å². The number of benzene rings is 3. The predicted molar refractivity (Wildman–Crippen MR) is 152 cm³/mol. The minimum atomic E-state index is -4.11. The van der Waals surface area contributed by atoms with Crippen molar-refractivity contribution in [2.75, 3.05) is 10.8 Å². The number of nitrogens with one attached hydrogen (secondary N) is 1. The molecule has 0 heterocycles. The summed E-state index contributed by atoms with van der Waals surface area (Å²) in [7, 11) is -4.11. The molecule has 0 bridgehead atoms. The molecule has 10 heteroatoms. The maximum absolute atomic E-state index is 13.9. The summed E-state index contributed by atoms with van der Waals surface area (Å²) in [6, 6.07) is 18.8. The van der Waals surface area contributed by atoms with E-state index in [4.69, 9.17) is 23.2 Å². The molecule has 0 fully saturated rings. The third-order valence-electron chi connectivity index (χ3n) is 5.93. The van der Waals surface area contributed by atoms with Crippen LogP contribution in [0.25, 0.3) is 0 Å². The van der Waals surface area contributed by atoms with Crippen molar-refractivity contribution in [3.05, 3.63) is 94.0 Å². The van der Waals surface area contributed by atoms with Gasteiger partial charge in [0.25, 0.3) is 10.0 Å². The number of hydrogen-bond donors (Lipinski definition) is 1. The van der Waals surface area contributed by atoms with Crippen molar-refractivity contribution in [1.82, 2.24) is 10.2 Å². The van der Waals surface area contributed by atoms with Crippen LogP contribution in [0.2, 0.25) is 10.0 Å². The minimum absolute atomic E-state index is 0.0232. The molecule has 2 amide bonds. The number of sulfonamides is 1. The van der Waals surface area contributed by atoms with Crippen LogP contribution < -0.4 is 9.62 Å². The summed E-state index contributed by atoms with van der Waals surface area (Å²) >= 11 is 12.3. The Hall–Kier alpha value is -3.07. The van der Waals surface area contributed by atoms with Gasteiger partial charge in [0.15, 0.2) is 0 Å². The fourth-order valence-electron chi connectivity index (χ4n) is 3.90. The van der Waals surface area contributed by atoms with E-state index in [0.717, 1.165) is 4.31 Å². The monoisotopic (exact) mass is 575 g/mol. The first-order chi connectivity index (χ1) is 17.9. The van der Waals surface area contributed by atoms with Gasteiger partial charge in [-0.2, -0.15) is 0 Å². The molecule has 38 heavy (non-hydrogen) atoms. The van der Waals surface area contributed by atoms with Gasteiger partial charge in [-0.25, -0.2) is 8.42 Å². The Morgan fingerprint density at radius 1 is 0.895 bits per heavy atom. The second kappa shape index (κ2) is 12.7. The lowest BCUT2D eigenvalue weighted by molar-refractivity contribution is -0.139. The quantitative estimate of drug-likeness (QED) is 0.348. The number of rotatable bonds is 10. The van der Waals surface area contributed by atoms with E-state index in [9.17, 15) is 18.0 Å². The highest BCUT2D eigenvalue weighted by Gasteiger charge is 2.33. The fraction of sp³-hybridized carbons (Fsp3) is 0.286. The zero-order valence-corrected chi connectivity index (χ0v) is 24.0. The zero-order valence-electron chi connectivity index (χ0n) is 21.7. The Balaban J connectivity index is 2.04. The topological polar surface area (TPSA) is 86.8 Å². The summed E-state index contributed by atoms with van der Waals surface area (Å²) < 4.78 is 28.6. The first-order valence-electron chi connectivity index (χ1n) is 12.1. The molecule has 3 aromatic carbocycles. The number of halogens is 2. The Kier molecular flexibility index (Phi) is 9.82. The van der Waals surface area contributed by atoms with Crippen molar-refractivity contribution < 1.29 is 18.0 Å². The van der Waals surface area contributed by atoms with Gasteiger partial charge in [0.1, 0.15) is 12.6 Å². The summed E-state index contributed by atoms with van der Waals surface area (Å²) in [5.41, 5.74) is 1.70. The SMILES string of the molecule is Cc1ccccc1N(CC(=O)N(Cc1ccc(Cl)c(Cl)c1)[C@H](C)C(=O)NC(C)C)S(=O)(=O)c1ccccc1. The molecule has 202 valence electrons. The molecule has 0 aliphatic rings. The van der Waals surface area contributed by atoms with Gasteiger partial charge in [-0.1, -0.05) is 65.7 Å². The van der Waals surface area contributed by atoms with Crippen molar-refractivity contribution in [3.8, 4) is 0 Å². The van der Waals surface area contributed by atoms with Crippen LogP contribution >= 0.6 is 23.2 Å². The van der Waals surface area contributed by atoms with Crippen LogP contribution in [0.15, 0.2) is 77.7 Å². The van der Waals surface area contributed by atoms with Crippen LogP contribution in [-0.2, 0) is 26.2 Å². The first-order valence-corrected chi connectivity index (χ1v) is 14.3. The number of aryl methyl sites for hydroxylation is 1.